The molecule has 2 aliphatic rings. The fourth-order valence-corrected chi connectivity index (χ4v) is 4.08. The Labute approximate surface area is 192 Å². The summed E-state index contributed by atoms with van der Waals surface area (Å²) >= 11 is 5.83. The number of amides is 2. The molecule has 0 bridgehead atoms. The summed E-state index contributed by atoms with van der Waals surface area (Å²) in [5.41, 5.74) is 2.27. The van der Waals surface area contributed by atoms with Crippen molar-refractivity contribution < 1.29 is 14.3 Å². The zero-order chi connectivity index (χ0) is 22.9. The number of nitrogens with one attached hydrogen (secondary N) is 1. The molecule has 32 heavy (non-hydrogen) atoms. The third kappa shape index (κ3) is 5.30. The first-order valence-electron chi connectivity index (χ1n) is 10.8. The van der Waals surface area contributed by atoms with Gasteiger partial charge in [0, 0.05) is 37.8 Å². The highest BCUT2D eigenvalue weighted by molar-refractivity contribution is 6.30. The predicted octanol–water partition coefficient (Wildman–Crippen LogP) is 3.75. The predicted molar refractivity (Wildman–Crippen MR) is 122 cm³/mol. The van der Waals surface area contributed by atoms with Gasteiger partial charge in [-0.15, -0.1) is 0 Å². The van der Waals surface area contributed by atoms with Crippen molar-refractivity contribution in [1.29, 1.82) is 0 Å². The zero-order valence-corrected chi connectivity index (χ0v) is 19.4. The van der Waals surface area contributed by atoms with Crippen molar-refractivity contribution in [2.75, 3.05) is 25.0 Å². The highest BCUT2D eigenvalue weighted by atomic mass is 35.5. The normalized spacial score (nSPS) is 18.3. The Balaban J connectivity index is 1.39. The molecule has 2 amide bonds. The van der Waals surface area contributed by atoms with Gasteiger partial charge in [-0.1, -0.05) is 17.7 Å². The number of likely N-dealkylation sites (tertiary alicyclic amines) is 1. The fourth-order valence-electron chi connectivity index (χ4n) is 3.99. The molecule has 1 saturated heterocycles. The minimum absolute atomic E-state index is 0.0106. The molecule has 1 unspecified atom stereocenters. The highest BCUT2D eigenvalue weighted by Crippen LogP contribution is 2.24. The number of fused-ring (bicyclic) bond motifs is 1. The lowest BCUT2D eigenvalue weighted by molar-refractivity contribution is 0.0224. The van der Waals surface area contributed by atoms with E-state index in [0.29, 0.717) is 42.7 Å². The first kappa shape index (κ1) is 22.3. The number of carbonyl (C=O) groups excluding carboxylic acids is 2. The number of benzene rings is 1. The van der Waals surface area contributed by atoms with Crippen LogP contribution < -0.4 is 5.32 Å². The van der Waals surface area contributed by atoms with Gasteiger partial charge in [-0.25, -0.2) is 14.8 Å². The maximum Gasteiger partial charge on any atom is 0.410 e. The number of nitrogens with zero attached hydrogens (tertiary/aromatic N) is 4. The minimum atomic E-state index is -0.535. The van der Waals surface area contributed by atoms with E-state index >= 15 is 0 Å². The first-order chi connectivity index (χ1) is 15.2. The first-order valence-corrected chi connectivity index (χ1v) is 11.2. The summed E-state index contributed by atoms with van der Waals surface area (Å²) in [5.74, 6) is 0.494. The van der Waals surface area contributed by atoms with Crippen LogP contribution in [0.2, 0.25) is 5.02 Å². The summed E-state index contributed by atoms with van der Waals surface area (Å²) in [7, 11) is 0. The molecule has 1 N–H and O–H groups in total. The van der Waals surface area contributed by atoms with Crippen LogP contribution in [0.5, 0.6) is 0 Å². The quantitative estimate of drug-likeness (QED) is 0.755. The maximum absolute atomic E-state index is 13.1. The smallest absolute Gasteiger partial charge is 0.410 e. The molecule has 0 saturated carbocycles. The van der Waals surface area contributed by atoms with E-state index in [1.165, 1.54) is 5.56 Å². The molecule has 1 fully saturated rings. The van der Waals surface area contributed by atoms with Gasteiger partial charge in [0.05, 0.1) is 17.4 Å². The van der Waals surface area contributed by atoms with Gasteiger partial charge >= 0.3 is 6.09 Å². The standard InChI is InChI=1S/C23H28ClN5O3/c1-23(2,3)32-22(31)29-8-6-15-4-5-16(10-17(15)13-29)20(30)28-9-7-19(14-28)27-21-25-11-18(24)12-26-21/h4-5,10-12,19H,6-9,13-14H2,1-3H3,(H,25,26,27). The maximum atomic E-state index is 13.1. The summed E-state index contributed by atoms with van der Waals surface area (Å²) in [4.78, 5) is 37.4. The zero-order valence-electron chi connectivity index (χ0n) is 18.6. The molecule has 9 heteroatoms. The summed E-state index contributed by atoms with van der Waals surface area (Å²) < 4.78 is 5.51. The lowest BCUT2D eigenvalue weighted by Crippen LogP contribution is -2.40. The Morgan fingerprint density at radius 1 is 1.12 bits per heavy atom. The second kappa shape index (κ2) is 8.94. The number of hydrogen-bond acceptors (Lipinski definition) is 6. The van der Waals surface area contributed by atoms with E-state index in [1.54, 1.807) is 17.3 Å². The van der Waals surface area contributed by atoms with Crippen molar-refractivity contribution in [3.8, 4) is 0 Å². The minimum Gasteiger partial charge on any atom is -0.444 e. The molecule has 170 valence electrons. The van der Waals surface area contributed by atoms with Gasteiger partial charge in [0.2, 0.25) is 5.95 Å². The fraction of sp³-hybridized carbons (Fsp3) is 0.478. The molecule has 8 nitrogen and oxygen atoms in total. The molecule has 4 rings (SSSR count). The molecule has 0 spiro atoms. The van der Waals surface area contributed by atoms with Gasteiger partial charge in [0.15, 0.2) is 0 Å². The van der Waals surface area contributed by atoms with E-state index in [1.807, 2.05) is 43.9 Å². The van der Waals surface area contributed by atoms with Crippen molar-refractivity contribution in [3.63, 3.8) is 0 Å². The summed E-state index contributed by atoms with van der Waals surface area (Å²) in [6.07, 6.45) is 4.33. The molecule has 1 aromatic heterocycles. The van der Waals surface area contributed by atoms with Crippen LogP contribution in [-0.4, -0.2) is 63.0 Å². The number of rotatable bonds is 3. The van der Waals surface area contributed by atoms with Crippen LogP contribution in [0.25, 0.3) is 0 Å². The number of carbonyl (C=O) groups is 2. The molecule has 0 radical (unpaired) electrons. The molecule has 2 aromatic rings. The molecule has 1 atom stereocenters. The van der Waals surface area contributed by atoms with E-state index < -0.39 is 5.60 Å². The second-order valence-electron chi connectivity index (χ2n) is 9.24. The van der Waals surface area contributed by atoms with E-state index in [9.17, 15) is 9.59 Å². The highest BCUT2D eigenvalue weighted by Gasteiger charge is 2.29. The topological polar surface area (TPSA) is 87.7 Å². The SMILES string of the molecule is CC(C)(C)OC(=O)N1CCc2ccc(C(=O)N3CCC(Nc4ncc(Cl)cn4)C3)cc2C1. The van der Waals surface area contributed by atoms with E-state index in [2.05, 4.69) is 15.3 Å². The van der Waals surface area contributed by atoms with Gasteiger partial charge in [-0.3, -0.25) is 4.79 Å². The van der Waals surface area contributed by atoms with Crippen LogP contribution in [0.15, 0.2) is 30.6 Å². The van der Waals surface area contributed by atoms with Crippen molar-refractivity contribution in [1.82, 2.24) is 19.8 Å². The Morgan fingerprint density at radius 2 is 1.88 bits per heavy atom. The summed E-state index contributed by atoms with van der Waals surface area (Å²) in [6.45, 7) is 7.87. The number of halogens is 1. The van der Waals surface area contributed by atoms with Crippen molar-refractivity contribution in [2.45, 2.75) is 51.8 Å². The van der Waals surface area contributed by atoms with Crippen LogP contribution >= 0.6 is 11.6 Å². The molecule has 0 aliphatic carbocycles. The van der Waals surface area contributed by atoms with Crippen molar-refractivity contribution in [2.24, 2.45) is 0 Å². The summed E-state index contributed by atoms with van der Waals surface area (Å²) in [5, 5.41) is 3.74. The second-order valence-corrected chi connectivity index (χ2v) is 9.68. The number of hydrogen-bond donors (Lipinski definition) is 1. The van der Waals surface area contributed by atoms with Crippen LogP contribution in [0, 0.1) is 0 Å². The lowest BCUT2D eigenvalue weighted by Gasteiger charge is -2.31. The van der Waals surface area contributed by atoms with Gasteiger partial charge in [0.25, 0.3) is 5.91 Å². The molecule has 3 heterocycles. The van der Waals surface area contributed by atoms with Crippen LogP contribution in [0.4, 0.5) is 10.7 Å². The van der Waals surface area contributed by atoms with E-state index in [0.717, 1.165) is 18.4 Å². The molecular formula is C23H28ClN5O3. The number of ether oxygens (including phenoxy) is 1. The van der Waals surface area contributed by atoms with Crippen LogP contribution in [0.3, 0.4) is 0 Å². The molecule has 1 aromatic carbocycles. The van der Waals surface area contributed by atoms with Gasteiger partial charge in [-0.05, 0) is 56.9 Å². The lowest BCUT2D eigenvalue weighted by atomic mass is 9.97. The average molecular weight is 458 g/mol. The van der Waals surface area contributed by atoms with Gasteiger partial charge in [-0.2, -0.15) is 0 Å². The van der Waals surface area contributed by atoms with Crippen LogP contribution in [0.1, 0.15) is 48.7 Å². The number of anilines is 1. The Bertz CT molecular complexity index is 1010. The third-order valence-electron chi connectivity index (χ3n) is 5.55. The van der Waals surface area contributed by atoms with E-state index in [4.69, 9.17) is 16.3 Å². The Kier molecular flexibility index (Phi) is 6.24. The van der Waals surface area contributed by atoms with Crippen molar-refractivity contribution in [3.05, 3.63) is 52.3 Å². The van der Waals surface area contributed by atoms with Crippen LogP contribution in [-0.2, 0) is 17.7 Å². The summed E-state index contributed by atoms with van der Waals surface area (Å²) in [6, 6.07) is 5.88. The largest absolute Gasteiger partial charge is 0.444 e. The van der Waals surface area contributed by atoms with E-state index in [-0.39, 0.29) is 18.0 Å². The monoisotopic (exact) mass is 457 g/mol. The Hall–Kier alpha value is -2.87. The third-order valence-corrected chi connectivity index (χ3v) is 5.74. The molecule has 2 aliphatic heterocycles. The average Bonchev–Trinajstić information content (AvgIpc) is 3.21. The number of aromatic nitrogens is 2. The van der Waals surface area contributed by atoms with Gasteiger partial charge < -0.3 is 19.9 Å². The Morgan fingerprint density at radius 3 is 2.59 bits per heavy atom. The van der Waals surface area contributed by atoms with Crippen molar-refractivity contribution >= 4 is 29.5 Å². The van der Waals surface area contributed by atoms with Gasteiger partial charge in [0.1, 0.15) is 5.60 Å². The molecular weight excluding hydrogens is 430 g/mol.